The Morgan fingerprint density at radius 2 is 1.96 bits per heavy atom. The third kappa shape index (κ3) is 4.62. The van der Waals surface area contributed by atoms with E-state index in [1.54, 1.807) is 6.07 Å². The monoisotopic (exact) mass is 345 g/mol. The molecule has 0 aliphatic rings. The molecule has 2 N–H and O–H groups in total. The van der Waals surface area contributed by atoms with Crippen LogP contribution in [0.15, 0.2) is 53.6 Å². The SMILES string of the molecule is N#Cc1ccc(S(=O)(=O)NC(CCc2ccccc2)C(=O)O)cn1. The molecule has 2 rings (SSSR count). The maximum absolute atomic E-state index is 12.3. The summed E-state index contributed by atoms with van der Waals surface area (Å²) in [5.74, 6) is -1.25. The maximum Gasteiger partial charge on any atom is 0.321 e. The molecular weight excluding hydrogens is 330 g/mol. The number of nitrogens with one attached hydrogen (secondary N) is 1. The average Bonchev–Trinajstić information content (AvgIpc) is 2.59. The van der Waals surface area contributed by atoms with Gasteiger partial charge in [-0.2, -0.15) is 9.98 Å². The highest BCUT2D eigenvalue weighted by Crippen LogP contribution is 2.11. The van der Waals surface area contributed by atoms with Crippen LogP contribution in [0.3, 0.4) is 0 Å². The molecule has 1 heterocycles. The zero-order valence-corrected chi connectivity index (χ0v) is 13.4. The number of hydrogen-bond donors (Lipinski definition) is 2. The van der Waals surface area contributed by atoms with E-state index in [0.717, 1.165) is 11.8 Å². The van der Waals surface area contributed by atoms with Crippen LogP contribution in [-0.4, -0.2) is 30.5 Å². The number of pyridine rings is 1. The topological polar surface area (TPSA) is 120 Å². The second-order valence-electron chi connectivity index (χ2n) is 5.03. The lowest BCUT2D eigenvalue weighted by atomic mass is 10.1. The number of aliphatic carboxylic acids is 1. The van der Waals surface area contributed by atoms with Gasteiger partial charge in [-0.3, -0.25) is 4.79 Å². The van der Waals surface area contributed by atoms with Crippen molar-refractivity contribution >= 4 is 16.0 Å². The number of rotatable bonds is 7. The fourth-order valence-corrected chi connectivity index (χ4v) is 3.22. The summed E-state index contributed by atoms with van der Waals surface area (Å²) >= 11 is 0. The van der Waals surface area contributed by atoms with Gasteiger partial charge in [-0.1, -0.05) is 30.3 Å². The lowest BCUT2D eigenvalue weighted by molar-refractivity contribution is -0.139. The van der Waals surface area contributed by atoms with Gasteiger partial charge in [0, 0.05) is 6.20 Å². The lowest BCUT2D eigenvalue weighted by Crippen LogP contribution is -2.41. The summed E-state index contributed by atoms with van der Waals surface area (Å²) in [6.45, 7) is 0. The highest BCUT2D eigenvalue weighted by atomic mass is 32.2. The Kier molecular flexibility index (Phi) is 5.63. The van der Waals surface area contributed by atoms with E-state index >= 15 is 0 Å². The Morgan fingerprint density at radius 1 is 1.25 bits per heavy atom. The van der Waals surface area contributed by atoms with Gasteiger partial charge in [-0.25, -0.2) is 13.4 Å². The van der Waals surface area contributed by atoms with Gasteiger partial charge in [0.25, 0.3) is 0 Å². The van der Waals surface area contributed by atoms with E-state index in [4.69, 9.17) is 5.26 Å². The van der Waals surface area contributed by atoms with Crippen molar-refractivity contribution < 1.29 is 18.3 Å². The van der Waals surface area contributed by atoms with E-state index < -0.39 is 22.0 Å². The lowest BCUT2D eigenvalue weighted by Gasteiger charge is -2.14. The number of aryl methyl sites for hydroxylation is 1. The van der Waals surface area contributed by atoms with E-state index in [1.165, 1.54) is 12.1 Å². The first-order valence-electron chi connectivity index (χ1n) is 7.07. The first-order valence-corrected chi connectivity index (χ1v) is 8.56. The average molecular weight is 345 g/mol. The number of nitrogens with zero attached hydrogens (tertiary/aromatic N) is 2. The van der Waals surface area contributed by atoms with E-state index in [9.17, 15) is 18.3 Å². The third-order valence-electron chi connectivity index (χ3n) is 3.32. The van der Waals surface area contributed by atoms with Gasteiger partial charge in [-0.15, -0.1) is 0 Å². The minimum absolute atomic E-state index is 0.0767. The normalized spacial score (nSPS) is 12.3. The van der Waals surface area contributed by atoms with E-state index in [1.807, 2.05) is 30.3 Å². The summed E-state index contributed by atoms with van der Waals surface area (Å²) in [4.78, 5) is 14.8. The Balaban J connectivity index is 2.10. The second kappa shape index (κ2) is 7.68. The summed E-state index contributed by atoms with van der Waals surface area (Å²) in [6, 6.07) is 12.2. The molecule has 0 aliphatic carbocycles. The van der Waals surface area contributed by atoms with Crippen molar-refractivity contribution in [2.75, 3.05) is 0 Å². The van der Waals surface area contributed by atoms with Crippen LogP contribution in [0.1, 0.15) is 17.7 Å². The first kappa shape index (κ1) is 17.6. The molecule has 0 spiro atoms. The van der Waals surface area contributed by atoms with Gasteiger partial charge in [0.15, 0.2) is 0 Å². The largest absolute Gasteiger partial charge is 0.480 e. The minimum Gasteiger partial charge on any atom is -0.480 e. The molecule has 1 aromatic heterocycles. The number of carboxylic acids is 1. The van der Waals surface area contributed by atoms with Crippen LogP contribution in [-0.2, 0) is 21.2 Å². The number of benzene rings is 1. The molecule has 0 amide bonds. The molecule has 1 atom stereocenters. The van der Waals surface area contributed by atoms with E-state index in [2.05, 4.69) is 9.71 Å². The predicted molar refractivity (Wildman–Crippen MR) is 85.5 cm³/mol. The van der Waals surface area contributed by atoms with Crippen molar-refractivity contribution in [2.45, 2.75) is 23.8 Å². The Morgan fingerprint density at radius 3 is 2.50 bits per heavy atom. The Hall–Kier alpha value is -2.76. The Labute approximate surface area is 139 Å². The van der Waals surface area contributed by atoms with Gasteiger partial charge in [0.1, 0.15) is 22.7 Å². The molecule has 1 unspecified atom stereocenters. The third-order valence-corrected chi connectivity index (χ3v) is 4.78. The van der Waals surface area contributed by atoms with Crippen LogP contribution < -0.4 is 4.72 Å². The molecule has 2 aromatic rings. The summed E-state index contributed by atoms with van der Waals surface area (Å²) in [6.07, 6.45) is 1.56. The fraction of sp³-hybridized carbons (Fsp3) is 0.188. The molecule has 124 valence electrons. The van der Waals surface area contributed by atoms with Gasteiger partial charge in [0.2, 0.25) is 10.0 Å². The van der Waals surface area contributed by atoms with Crippen molar-refractivity contribution in [2.24, 2.45) is 0 Å². The van der Waals surface area contributed by atoms with Gasteiger partial charge < -0.3 is 5.11 Å². The quantitative estimate of drug-likeness (QED) is 0.781. The molecule has 0 fully saturated rings. The maximum atomic E-state index is 12.3. The first-order chi connectivity index (χ1) is 11.4. The van der Waals surface area contributed by atoms with Crippen molar-refractivity contribution in [1.29, 1.82) is 5.26 Å². The summed E-state index contributed by atoms with van der Waals surface area (Å²) in [5.41, 5.74) is 0.996. The molecule has 7 nitrogen and oxygen atoms in total. The van der Waals surface area contributed by atoms with Gasteiger partial charge in [-0.05, 0) is 30.5 Å². The summed E-state index contributed by atoms with van der Waals surface area (Å²) in [5, 5.41) is 17.9. The molecular formula is C16H15N3O4S. The molecule has 0 bridgehead atoms. The summed E-state index contributed by atoms with van der Waals surface area (Å²) in [7, 11) is -4.04. The minimum atomic E-state index is -4.04. The van der Waals surface area contributed by atoms with Crippen molar-refractivity contribution in [1.82, 2.24) is 9.71 Å². The highest BCUT2D eigenvalue weighted by molar-refractivity contribution is 7.89. The van der Waals surface area contributed by atoms with Crippen LogP contribution in [0, 0.1) is 11.3 Å². The van der Waals surface area contributed by atoms with Gasteiger partial charge in [0.05, 0.1) is 0 Å². The van der Waals surface area contributed by atoms with Crippen LogP contribution in [0.4, 0.5) is 0 Å². The number of hydrogen-bond acceptors (Lipinski definition) is 5. The van der Waals surface area contributed by atoms with Crippen LogP contribution in [0.5, 0.6) is 0 Å². The molecule has 0 aliphatic heterocycles. The van der Waals surface area contributed by atoms with Crippen molar-refractivity contribution in [3.8, 4) is 6.07 Å². The van der Waals surface area contributed by atoms with Crippen LogP contribution >= 0.6 is 0 Å². The summed E-state index contributed by atoms with van der Waals surface area (Å²) < 4.78 is 26.7. The number of nitriles is 1. The standard InChI is InChI=1S/C16H15N3O4S/c17-10-13-7-8-14(11-18-13)24(22,23)19-15(16(20)21)9-6-12-4-2-1-3-5-12/h1-5,7-8,11,15,19H,6,9H2,(H,20,21). The predicted octanol–water partition coefficient (Wildman–Crippen LogP) is 1.32. The molecule has 24 heavy (non-hydrogen) atoms. The molecule has 0 saturated carbocycles. The van der Waals surface area contributed by atoms with Crippen molar-refractivity contribution in [3.63, 3.8) is 0 Å². The zero-order valence-electron chi connectivity index (χ0n) is 12.6. The fourth-order valence-electron chi connectivity index (χ4n) is 2.05. The molecule has 0 saturated heterocycles. The number of carbonyl (C=O) groups is 1. The van der Waals surface area contributed by atoms with Crippen molar-refractivity contribution in [3.05, 3.63) is 59.9 Å². The van der Waals surface area contributed by atoms with E-state index in [0.29, 0.717) is 6.42 Å². The van der Waals surface area contributed by atoms with Crippen LogP contribution in [0.2, 0.25) is 0 Å². The number of carboxylic acid groups (broad SMARTS) is 1. The smallest absolute Gasteiger partial charge is 0.321 e. The molecule has 0 radical (unpaired) electrons. The molecule has 1 aromatic carbocycles. The van der Waals surface area contributed by atoms with E-state index in [-0.39, 0.29) is 17.0 Å². The zero-order chi connectivity index (χ0) is 17.6. The van der Waals surface area contributed by atoms with Crippen LogP contribution in [0.25, 0.3) is 0 Å². The highest BCUT2D eigenvalue weighted by Gasteiger charge is 2.25. The second-order valence-corrected chi connectivity index (χ2v) is 6.74. The number of sulfonamides is 1. The van der Waals surface area contributed by atoms with Gasteiger partial charge >= 0.3 is 5.97 Å². The molecule has 8 heteroatoms. The number of aromatic nitrogens is 1. The Bertz CT molecular complexity index is 843.